The Hall–Kier alpha value is -4.99. The third-order valence-corrected chi connectivity index (χ3v) is 7.51. The summed E-state index contributed by atoms with van der Waals surface area (Å²) in [4.78, 5) is 47.3. The van der Waals surface area contributed by atoms with E-state index >= 15 is 0 Å². The average Bonchev–Trinajstić information content (AvgIpc) is 3.52. The number of carbonyl (C=O) groups excluding carboxylic acids is 2. The molecule has 1 aliphatic heterocycles. The zero-order valence-electron chi connectivity index (χ0n) is 23.7. The van der Waals surface area contributed by atoms with E-state index in [-0.39, 0.29) is 23.3 Å². The van der Waals surface area contributed by atoms with Gasteiger partial charge in [0.05, 0.1) is 12.6 Å². The van der Waals surface area contributed by atoms with Crippen LogP contribution in [0.25, 0.3) is 5.57 Å². The normalized spacial score (nSPS) is 15.3. The van der Waals surface area contributed by atoms with Gasteiger partial charge in [-0.2, -0.15) is 18.4 Å². The largest absolute Gasteiger partial charge is 0.490 e. The van der Waals surface area contributed by atoms with Crippen molar-refractivity contribution in [3.63, 3.8) is 0 Å². The monoisotopic (exact) mass is 608 g/mol. The number of aliphatic carboxylic acids is 1. The molecule has 13 heteroatoms. The van der Waals surface area contributed by atoms with Gasteiger partial charge in [0.1, 0.15) is 11.8 Å². The lowest BCUT2D eigenvalue weighted by Crippen LogP contribution is -2.38. The van der Waals surface area contributed by atoms with Crippen molar-refractivity contribution in [1.29, 1.82) is 5.26 Å². The molecule has 3 N–H and O–H groups in total. The molecule has 2 amide bonds. The minimum absolute atomic E-state index is 0.119. The molecule has 0 spiro atoms. The van der Waals surface area contributed by atoms with Crippen molar-refractivity contribution in [2.75, 3.05) is 18.4 Å². The fraction of sp³-hybridized carbons (Fsp3) is 0.355. The number of alkyl halides is 3. The predicted molar refractivity (Wildman–Crippen MR) is 154 cm³/mol. The maximum atomic E-state index is 12.8. The number of rotatable bonds is 6. The second kappa shape index (κ2) is 14.5. The second-order valence-electron chi connectivity index (χ2n) is 10.5. The number of imidazole rings is 1. The number of carboxylic acids is 1. The molecule has 230 valence electrons. The van der Waals surface area contributed by atoms with Crippen molar-refractivity contribution in [3.05, 3.63) is 83.2 Å². The summed E-state index contributed by atoms with van der Waals surface area (Å²) in [5, 5.41) is 19.1. The molecule has 0 unspecified atom stereocenters. The van der Waals surface area contributed by atoms with Crippen LogP contribution in [0.1, 0.15) is 77.4 Å². The van der Waals surface area contributed by atoms with E-state index in [0.29, 0.717) is 12.3 Å². The highest BCUT2D eigenvalue weighted by Gasteiger charge is 2.38. The molecular weight excluding hydrogens is 577 g/mol. The number of nitriles is 1. The Bertz CT molecular complexity index is 1550. The van der Waals surface area contributed by atoms with Crippen molar-refractivity contribution < 1.29 is 32.7 Å². The Kier molecular flexibility index (Phi) is 10.5. The van der Waals surface area contributed by atoms with Gasteiger partial charge in [0.15, 0.2) is 5.82 Å². The number of aromatic nitrogens is 3. The minimum Gasteiger partial charge on any atom is -0.475 e. The van der Waals surface area contributed by atoms with E-state index in [2.05, 4.69) is 38.5 Å². The van der Waals surface area contributed by atoms with E-state index in [9.17, 15) is 22.8 Å². The molecule has 0 saturated carbocycles. The number of H-pyrrole nitrogens is 1. The lowest BCUT2D eigenvalue weighted by molar-refractivity contribution is -0.192. The zero-order chi connectivity index (χ0) is 31.7. The van der Waals surface area contributed by atoms with E-state index in [0.717, 1.165) is 62.0 Å². The van der Waals surface area contributed by atoms with Gasteiger partial charge in [0, 0.05) is 36.7 Å². The molecule has 5 rings (SSSR count). The number of anilines is 1. The van der Waals surface area contributed by atoms with Gasteiger partial charge >= 0.3 is 12.1 Å². The van der Waals surface area contributed by atoms with Crippen molar-refractivity contribution in [1.82, 2.24) is 19.9 Å². The van der Waals surface area contributed by atoms with Crippen LogP contribution in [0.4, 0.5) is 18.9 Å². The quantitative estimate of drug-likeness (QED) is 0.336. The average molecular weight is 609 g/mol. The van der Waals surface area contributed by atoms with Crippen molar-refractivity contribution in [3.8, 4) is 6.07 Å². The van der Waals surface area contributed by atoms with Gasteiger partial charge in [-0.05, 0) is 85.4 Å². The Morgan fingerprint density at radius 2 is 1.82 bits per heavy atom. The van der Waals surface area contributed by atoms with Crippen LogP contribution in [0.3, 0.4) is 0 Å². The molecule has 44 heavy (non-hydrogen) atoms. The molecule has 3 heterocycles. The molecular formula is C31H31F3N6O4. The van der Waals surface area contributed by atoms with E-state index in [1.807, 2.05) is 29.2 Å². The minimum atomic E-state index is -5.08. The van der Waals surface area contributed by atoms with Crippen LogP contribution in [0, 0.1) is 11.3 Å². The van der Waals surface area contributed by atoms with Crippen LogP contribution in [0.2, 0.25) is 0 Å². The van der Waals surface area contributed by atoms with E-state index in [1.165, 1.54) is 23.8 Å². The standard InChI is InChI=1S/C29H30N6O2.C2HF3O2/c30-18-24-19-32-28(33-24)29(37)34-26-7-6-23(17-25(26)22-4-2-1-3-5-22)21-10-14-35(15-11-21)27(36)16-20-8-12-31-13-9-20;3-2(4,5)1(6)7/h4,6-9,12-13,17,19,21H,1-3,5,10-11,14-16H2,(H,32,33)(H,34,37);(H,6,7). The van der Waals surface area contributed by atoms with Gasteiger partial charge in [0.2, 0.25) is 5.91 Å². The maximum Gasteiger partial charge on any atom is 0.490 e. The van der Waals surface area contributed by atoms with Gasteiger partial charge in [-0.1, -0.05) is 12.1 Å². The molecule has 2 aliphatic rings. The number of amides is 2. The molecule has 0 radical (unpaired) electrons. The van der Waals surface area contributed by atoms with Crippen LogP contribution in [-0.2, 0) is 16.0 Å². The predicted octanol–water partition coefficient (Wildman–Crippen LogP) is 5.47. The smallest absolute Gasteiger partial charge is 0.475 e. The first kappa shape index (κ1) is 31.9. The van der Waals surface area contributed by atoms with Crippen LogP contribution in [0.15, 0.2) is 55.0 Å². The van der Waals surface area contributed by atoms with Gasteiger partial charge in [0.25, 0.3) is 5.91 Å². The zero-order valence-corrected chi connectivity index (χ0v) is 23.7. The number of aromatic amines is 1. The number of piperidine rings is 1. The SMILES string of the molecule is N#Cc1cnc(C(=O)Nc2ccc(C3CCN(C(=O)Cc4ccncc4)CC3)cc2C2=CCCCC2)[nH]1.O=C(O)C(F)(F)F. The number of hydrogen-bond acceptors (Lipinski definition) is 6. The summed E-state index contributed by atoms with van der Waals surface area (Å²) < 4.78 is 31.7. The summed E-state index contributed by atoms with van der Waals surface area (Å²) in [6.07, 6.45) is 8.55. The van der Waals surface area contributed by atoms with Crippen molar-refractivity contribution in [2.45, 2.75) is 57.0 Å². The van der Waals surface area contributed by atoms with E-state index in [1.54, 1.807) is 12.4 Å². The molecule has 0 atom stereocenters. The molecule has 1 aromatic carbocycles. The number of benzene rings is 1. The molecule has 10 nitrogen and oxygen atoms in total. The number of allylic oxidation sites excluding steroid dienone is 2. The summed E-state index contributed by atoms with van der Waals surface area (Å²) in [6, 6.07) is 12.0. The lowest BCUT2D eigenvalue weighted by atomic mass is 9.85. The molecule has 0 bridgehead atoms. The first-order chi connectivity index (χ1) is 21.0. The Morgan fingerprint density at radius 3 is 2.41 bits per heavy atom. The summed E-state index contributed by atoms with van der Waals surface area (Å²) >= 11 is 0. The highest BCUT2D eigenvalue weighted by Crippen LogP contribution is 2.36. The number of pyridine rings is 1. The van der Waals surface area contributed by atoms with Crippen LogP contribution < -0.4 is 5.32 Å². The number of nitrogens with one attached hydrogen (secondary N) is 2. The second-order valence-corrected chi connectivity index (χ2v) is 10.5. The summed E-state index contributed by atoms with van der Waals surface area (Å²) in [5.41, 5.74) is 5.54. The van der Waals surface area contributed by atoms with Crippen LogP contribution >= 0.6 is 0 Å². The van der Waals surface area contributed by atoms with Gasteiger partial charge in [-0.3, -0.25) is 14.6 Å². The van der Waals surface area contributed by atoms with E-state index in [4.69, 9.17) is 15.2 Å². The third kappa shape index (κ3) is 8.53. The number of hydrogen-bond donors (Lipinski definition) is 3. The summed E-state index contributed by atoms with van der Waals surface area (Å²) in [5.74, 6) is -2.48. The Balaban J connectivity index is 0.000000566. The number of nitrogens with zero attached hydrogens (tertiary/aromatic N) is 4. The van der Waals surface area contributed by atoms with Crippen molar-refractivity contribution >= 4 is 29.0 Å². The highest BCUT2D eigenvalue weighted by molar-refractivity contribution is 6.03. The Labute approximate surface area is 251 Å². The number of carboxylic acid groups (broad SMARTS) is 1. The summed E-state index contributed by atoms with van der Waals surface area (Å²) in [6.45, 7) is 1.48. The first-order valence-electron chi connectivity index (χ1n) is 14.1. The fourth-order valence-corrected chi connectivity index (χ4v) is 5.20. The van der Waals surface area contributed by atoms with Gasteiger partial charge in [-0.15, -0.1) is 0 Å². The summed E-state index contributed by atoms with van der Waals surface area (Å²) in [7, 11) is 0. The first-order valence-corrected chi connectivity index (χ1v) is 14.1. The molecule has 3 aromatic rings. The van der Waals surface area contributed by atoms with Gasteiger partial charge < -0.3 is 20.3 Å². The van der Waals surface area contributed by atoms with E-state index < -0.39 is 12.1 Å². The third-order valence-electron chi connectivity index (χ3n) is 7.51. The fourth-order valence-electron chi connectivity index (χ4n) is 5.20. The lowest BCUT2D eigenvalue weighted by Gasteiger charge is -2.33. The molecule has 1 saturated heterocycles. The number of halogens is 3. The van der Waals surface area contributed by atoms with Crippen LogP contribution in [0.5, 0.6) is 0 Å². The molecule has 2 aromatic heterocycles. The number of carbonyl (C=O) groups is 3. The van der Waals surface area contributed by atoms with Gasteiger partial charge in [-0.25, -0.2) is 9.78 Å². The highest BCUT2D eigenvalue weighted by atomic mass is 19.4. The topological polar surface area (TPSA) is 152 Å². The number of likely N-dealkylation sites (tertiary alicyclic amines) is 1. The molecule has 1 fully saturated rings. The Morgan fingerprint density at radius 1 is 1.11 bits per heavy atom. The van der Waals surface area contributed by atoms with Crippen LogP contribution in [-0.4, -0.2) is 62.0 Å². The molecule has 1 aliphatic carbocycles. The maximum absolute atomic E-state index is 12.8. The van der Waals surface area contributed by atoms with Crippen molar-refractivity contribution in [2.24, 2.45) is 0 Å².